The minimum absolute atomic E-state index is 0.571. The third-order valence-corrected chi connectivity index (χ3v) is 2.65. The molecule has 5 heteroatoms. The summed E-state index contributed by atoms with van der Waals surface area (Å²) in [4.78, 5) is 17.7. The van der Waals surface area contributed by atoms with Gasteiger partial charge in [-0.1, -0.05) is 18.2 Å². The first-order valence-corrected chi connectivity index (χ1v) is 5.20. The van der Waals surface area contributed by atoms with Crippen molar-refractivity contribution in [2.75, 3.05) is 5.43 Å². The number of para-hydroxylation sites is 1. The van der Waals surface area contributed by atoms with E-state index in [1.165, 1.54) is 0 Å². The summed E-state index contributed by atoms with van der Waals surface area (Å²) in [5.74, 6) is 0.606. The molecule has 2 aromatic heterocycles. The van der Waals surface area contributed by atoms with E-state index in [2.05, 4.69) is 20.8 Å². The predicted octanol–water partition coefficient (Wildman–Crippen LogP) is 1.79. The second-order valence-electron chi connectivity index (χ2n) is 3.67. The normalized spacial score (nSPS) is 10.6. The first kappa shape index (κ1) is 9.65. The van der Waals surface area contributed by atoms with Gasteiger partial charge in [0.05, 0.1) is 11.7 Å². The highest BCUT2D eigenvalue weighted by molar-refractivity contribution is 6.07. The Bertz CT molecular complexity index is 689. The molecule has 0 atom stereocenters. The first-order valence-electron chi connectivity index (χ1n) is 5.20. The highest BCUT2D eigenvalue weighted by Crippen LogP contribution is 2.25. The molecule has 0 unspecified atom stereocenters. The number of amides is 1. The van der Waals surface area contributed by atoms with E-state index in [1.807, 2.05) is 30.3 Å². The molecule has 0 bridgehead atoms. The molecule has 0 saturated carbocycles. The lowest BCUT2D eigenvalue weighted by atomic mass is 10.2. The Hall–Kier alpha value is -2.56. The Kier molecular flexibility index (Phi) is 2.15. The van der Waals surface area contributed by atoms with Crippen LogP contribution in [0.15, 0.2) is 36.5 Å². The summed E-state index contributed by atoms with van der Waals surface area (Å²) >= 11 is 0. The maximum Gasteiger partial charge on any atom is 0.225 e. The number of hydrazine groups is 1. The summed E-state index contributed by atoms with van der Waals surface area (Å²) in [5.41, 5.74) is 7.11. The van der Waals surface area contributed by atoms with Crippen molar-refractivity contribution < 1.29 is 4.79 Å². The third kappa shape index (κ3) is 1.57. The van der Waals surface area contributed by atoms with Crippen LogP contribution in [0.2, 0.25) is 0 Å². The largest absolute Gasteiger partial charge is 0.353 e. The number of carbonyl (C=O) groups is 1. The molecule has 0 saturated heterocycles. The molecule has 84 valence electrons. The van der Waals surface area contributed by atoms with E-state index < -0.39 is 0 Å². The topological polar surface area (TPSA) is 69.8 Å². The average molecular weight is 226 g/mol. The number of rotatable bonds is 3. The molecule has 3 aromatic rings. The van der Waals surface area contributed by atoms with E-state index >= 15 is 0 Å². The van der Waals surface area contributed by atoms with Crippen LogP contribution in [0.3, 0.4) is 0 Å². The minimum atomic E-state index is 0.571. The number of aromatic amines is 1. The van der Waals surface area contributed by atoms with E-state index in [-0.39, 0.29) is 0 Å². The predicted molar refractivity (Wildman–Crippen MR) is 66.4 cm³/mol. The molecule has 5 nitrogen and oxygen atoms in total. The van der Waals surface area contributed by atoms with Gasteiger partial charge in [0.15, 0.2) is 0 Å². The number of carbonyl (C=O) groups excluding carboxylic acids is 1. The van der Waals surface area contributed by atoms with Gasteiger partial charge in [-0.15, -0.1) is 0 Å². The van der Waals surface area contributed by atoms with Gasteiger partial charge < -0.3 is 4.98 Å². The van der Waals surface area contributed by atoms with E-state index in [0.717, 1.165) is 21.8 Å². The van der Waals surface area contributed by atoms with E-state index in [9.17, 15) is 4.79 Å². The zero-order valence-corrected chi connectivity index (χ0v) is 8.90. The first-order chi connectivity index (χ1) is 8.38. The lowest BCUT2D eigenvalue weighted by molar-refractivity contribution is -0.109. The van der Waals surface area contributed by atoms with Crippen LogP contribution in [-0.2, 0) is 4.79 Å². The molecule has 3 N–H and O–H groups in total. The van der Waals surface area contributed by atoms with Crippen LogP contribution < -0.4 is 10.9 Å². The van der Waals surface area contributed by atoms with Crippen molar-refractivity contribution in [2.24, 2.45) is 0 Å². The molecule has 1 aromatic carbocycles. The zero-order valence-electron chi connectivity index (χ0n) is 8.90. The van der Waals surface area contributed by atoms with Crippen molar-refractivity contribution in [3.8, 4) is 0 Å². The molecule has 17 heavy (non-hydrogen) atoms. The van der Waals surface area contributed by atoms with Crippen LogP contribution in [0, 0.1) is 0 Å². The van der Waals surface area contributed by atoms with E-state index in [4.69, 9.17) is 0 Å². The number of benzene rings is 1. The SMILES string of the molecule is O=CNNc1cc2c(cn1)[nH]c1ccccc12. The molecule has 0 radical (unpaired) electrons. The van der Waals surface area contributed by atoms with Crippen LogP contribution in [0.5, 0.6) is 0 Å². The fourth-order valence-corrected chi connectivity index (χ4v) is 1.92. The Morgan fingerprint density at radius 2 is 2.06 bits per heavy atom. The zero-order chi connectivity index (χ0) is 11.7. The molecule has 2 heterocycles. The fraction of sp³-hybridized carbons (Fsp3) is 0. The number of pyridine rings is 1. The number of anilines is 1. The Balaban J connectivity index is 2.19. The molecule has 0 aliphatic carbocycles. The van der Waals surface area contributed by atoms with Crippen molar-refractivity contribution in [2.45, 2.75) is 0 Å². The van der Waals surface area contributed by atoms with Crippen molar-refractivity contribution in [3.63, 3.8) is 0 Å². The van der Waals surface area contributed by atoms with Gasteiger partial charge in [-0.3, -0.25) is 15.6 Å². The summed E-state index contributed by atoms with van der Waals surface area (Å²) in [6.45, 7) is 0. The highest BCUT2D eigenvalue weighted by atomic mass is 16.1. The summed E-state index contributed by atoms with van der Waals surface area (Å²) in [6.07, 6.45) is 2.31. The van der Waals surface area contributed by atoms with Gasteiger partial charge in [-0.2, -0.15) is 0 Å². The lowest BCUT2D eigenvalue weighted by Crippen LogP contribution is -2.19. The summed E-state index contributed by atoms with van der Waals surface area (Å²) in [5, 5.41) is 2.21. The molecule has 3 rings (SSSR count). The Morgan fingerprint density at radius 1 is 1.18 bits per heavy atom. The molecular weight excluding hydrogens is 216 g/mol. The maximum atomic E-state index is 10.2. The highest BCUT2D eigenvalue weighted by Gasteiger charge is 2.04. The van der Waals surface area contributed by atoms with Gasteiger partial charge in [-0.25, -0.2) is 4.98 Å². The summed E-state index contributed by atoms with van der Waals surface area (Å²) in [6, 6.07) is 9.94. The smallest absolute Gasteiger partial charge is 0.225 e. The van der Waals surface area contributed by atoms with Crippen LogP contribution in [0.4, 0.5) is 5.82 Å². The molecule has 0 spiro atoms. The van der Waals surface area contributed by atoms with Crippen LogP contribution >= 0.6 is 0 Å². The number of H-pyrrole nitrogens is 1. The van der Waals surface area contributed by atoms with Gasteiger partial charge in [0.2, 0.25) is 6.41 Å². The quantitative estimate of drug-likeness (QED) is 0.471. The number of aromatic nitrogens is 2. The van der Waals surface area contributed by atoms with Gasteiger partial charge in [0, 0.05) is 16.3 Å². The second kappa shape index (κ2) is 3.79. The number of nitrogens with one attached hydrogen (secondary N) is 3. The Labute approximate surface area is 96.8 Å². The molecule has 0 fully saturated rings. The van der Waals surface area contributed by atoms with Crippen molar-refractivity contribution >= 4 is 34.0 Å². The van der Waals surface area contributed by atoms with Gasteiger partial charge >= 0.3 is 0 Å². The second-order valence-corrected chi connectivity index (χ2v) is 3.67. The van der Waals surface area contributed by atoms with E-state index in [1.54, 1.807) is 6.20 Å². The van der Waals surface area contributed by atoms with Crippen LogP contribution in [-0.4, -0.2) is 16.4 Å². The van der Waals surface area contributed by atoms with Crippen LogP contribution in [0.1, 0.15) is 0 Å². The number of hydrogen-bond acceptors (Lipinski definition) is 3. The fourth-order valence-electron chi connectivity index (χ4n) is 1.92. The average Bonchev–Trinajstić information content (AvgIpc) is 2.74. The van der Waals surface area contributed by atoms with Gasteiger partial charge in [-0.05, 0) is 12.1 Å². The number of fused-ring (bicyclic) bond motifs is 3. The molecule has 1 amide bonds. The van der Waals surface area contributed by atoms with Crippen molar-refractivity contribution in [1.29, 1.82) is 0 Å². The number of hydrogen-bond donors (Lipinski definition) is 3. The minimum Gasteiger partial charge on any atom is -0.353 e. The van der Waals surface area contributed by atoms with Gasteiger partial charge in [0.25, 0.3) is 0 Å². The van der Waals surface area contributed by atoms with Crippen LogP contribution in [0.25, 0.3) is 21.8 Å². The summed E-state index contributed by atoms with van der Waals surface area (Å²) in [7, 11) is 0. The Morgan fingerprint density at radius 3 is 2.94 bits per heavy atom. The molecular formula is C12H10N4O. The molecule has 0 aliphatic rings. The van der Waals surface area contributed by atoms with Gasteiger partial charge in [0.1, 0.15) is 5.82 Å². The van der Waals surface area contributed by atoms with E-state index in [0.29, 0.717) is 12.2 Å². The monoisotopic (exact) mass is 226 g/mol. The maximum absolute atomic E-state index is 10.2. The number of nitrogens with zero attached hydrogens (tertiary/aromatic N) is 1. The van der Waals surface area contributed by atoms with Crippen molar-refractivity contribution in [3.05, 3.63) is 36.5 Å². The summed E-state index contributed by atoms with van der Waals surface area (Å²) < 4.78 is 0. The van der Waals surface area contributed by atoms with Crippen molar-refractivity contribution in [1.82, 2.24) is 15.4 Å². The third-order valence-electron chi connectivity index (χ3n) is 2.65. The molecule has 0 aliphatic heterocycles. The lowest BCUT2D eigenvalue weighted by Gasteiger charge is -2.02. The standard InChI is InChI=1S/C12H10N4O/c17-7-14-16-12-5-9-8-3-1-2-4-10(8)15-11(9)6-13-12/h1-7,15H,(H,13,16)(H,14,17).